The molecule has 0 radical (unpaired) electrons. The van der Waals surface area contributed by atoms with Gasteiger partial charge in [-0.15, -0.1) is 0 Å². The largest absolute Gasteiger partial charge is 0.448 e. The zero-order valence-electron chi connectivity index (χ0n) is 9.15. The summed E-state index contributed by atoms with van der Waals surface area (Å²) in [4.78, 5) is 0. The average molecular weight is 266 g/mol. The van der Waals surface area contributed by atoms with Crippen LogP contribution in [0.1, 0.15) is 31.6 Å². The Hall–Kier alpha value is -0.520. The van der Waals surface area contributed by atoms with Crippen molar-refractivity contribution >= 4 is 21.4 Å². The molecule has 0 aliphatic heterocycles. The molecule has 0 aliphatic rings. The first-order valence-electron chi connectivity index (χ1n) is 5.16. The van der Waals surface area contributed by atoms with E-state index in [0.29, 0.717) is 23.8 Å². The van der Waals surface area contributed by atoms with E-state index < -0.39 is 9.84 Å². The normalized spacial score (nSPS) is 13.9. The van der Waals surface area contributed by atoms with E-state index in [1.54, 1.807) is 19.1 Å². The second-order valence-electron chi connectivity index (χ2n) is 3.63. The molecule has 2 N–H and O–H groups in total. The second-order valence-corrected chi connectivity index (χ2v) is 6.47. The van der Waals surface area contributed by atoms with Gasteiger partial charge in [-0.3, -0.25) is 0 Å². The van der Waals surface area contributed by atoms with Gasteiger partial charge in [-0.1, -0.05) is 6.92 Å². The van der Waals surface area contributed by atoms with Crippen LogP contribution < -0.4 is 5.73 Å². The van der Waals surface area contributed by atoms with Gasteiger partial charge in [0.25, 0.3) is 0 Å². The van der Waals surface area contributed by atoms with Crippen molar-refractivity contribution in [2.24, 2.45) is 5.73 Å². The van der Waals surface area contributed by atoms with Gasteiger partial charge in [0.1, 0.15) is 15.6 Å². The second kappa shape index (κ2) is 5.70. The highest BCUT2D eigenvalue weighted by molar-refractivity contribution is 7.91. The number of nitrogens with two attached hydrogens (primary N) is 1. The van der Waals surface area contributed by atoms with Gasteiger partial charge in [-0.2, -0.15) is 0 Å². The minimum atomic E-state index is -2.90. The lowest BCUT2D eigenvalue weighted by molar-refractivity contribution is 0.451. The Morgan fingerprint density at radius 3 is 2.69 bits per heavy atom. The number of hydrogen-bond donors (Lipinski definition) is 1. The van der Waals surface area contributed by atoms with Crippen LogP contribution in [0.4, 0.5) is 0 Å². The first kappa shape index (κ1) is 13.5. The molecule has 0 fully saturated rings. The molecule has 1 aromatic heterocycles. The molecule has 0 saturated carbocycles. The number of sulfone groups is 1. The summed E-state index contributed by atoms with van der Waals surface area (Å²) >= 11 is 5.62. The van der Waals surface area contributed by atoms with Crippen molar-refractivity contribution in [3.63, 3.8) is 0 Å². The molecule has 0 spiro atoms. The fourth-order valence-electron chi connectivity index (χ4n) is 1.34. The van der Waals surface area contributed by atoms with Crippen LogP contribution in [0, 0.1) is 0 Å². The summed E-state index contributed by atoms with van der Waals surface area (Å²) < 4.78 is 27.6. The zero-order chi connectivity index (χ0) is 12.2. The quantitative estimate of drug-likeness (QED) is 0.855. The molecule has 0 saturated heterocycles. The number of furan rings is 1. The molecule has 0 aromatic carbocycles. The van der Waals surface area contributed by atoms with Crippen molar-refractivity contribution in [2.75, 3.05) is 11.5 Å². The van der Waals surface area contributed by atoms with Crippen LogP contribution in [0.2, 0.25) is 5.22 Å². The van der Waals surface area contributed by atoms with Crippen molar-refractivity contribution in [1.29, 1.82) is 0 Å². The van der Waals surface area contributed by atoms with Gasteiger partial charge in [0, 0.05) is 5.75 Å². The topological polar surface area (TPSA) is 73.3 Å². The van der Waals surface area contributed by atoms with E-state index in [4.69, 9.17) is 21.8 Å². The first-order valence-corrected chi connectivity index (χ1v) is 7.36. The highest BCUT2D eigenvalue weighted by Gasteiger charge is 2.13. The monoisotopic (exact) mass is 265 g/mol. The molecule has 0 amide bonds. The summed E-state index contributed by atoms with van der Waals surface area (Å²) in [6.45, 7) is 1.64. The minimum Gasteiger partial charge on any atom is -0.448 e. The van der Waals surface area contributed by atoms with E-state index >= 15 is 0 Å². The molecule has 1 aromatic rings. The van der Waals surface area contributed by atoms with Crippen LogP contribution in [-0.2, 0) is 9.84 Å². The fourth-order valence-corrected chi connectivity index (χ4v) is 2.38. The van der Waals surface area contributed by atoms with Crippen molar-refractivity contribution < 1.29 is 12.8 Å². The predicted molar refractivity (Wildman–Crippen MR) is 64.2 cm³/mol. The van der Waals surface area contributed by atoms with E-state index in [1.807, 2.05) is 0 Å². The third-order valence-electron chi connectivity index (χ3n) is 2.37. The smallest absolute Gasteiger partial charge is 0.193 e. The predicted octanol–water partition coefficient (Wildman–Crippen LogP) is 2.15. The lowest BCUT2D eigenvalue weighted by Crippen LogP contribution is -2.13. The summed E-state index contributed by atoms with van der Waals surface area (Å²) in [6, 6.07) is 3.04. The molecule has 0 aliphatic carbocycles. The lowest BCUT2D eigenvalue weighted by Gasteiger charge is -2.08. The van der Waals surface area contributed by atoms with Gasteiger partial charge in [0.15, 0.2) is 5.22 Å². The molecule has 16 heavy (non-hydrogen) atoms. The maximum atomic E-state index is 11.2. The Morgan fingerprint density at radius 1 is 1.50 bits per heavy atom. The molecule has 6 heteroatoms. The van der Waals surface area contributed by atoms with Crippen molar-refractivity contribution in [2.45, 2.75) is 25.8 Å². The fraction of sp³-hybridized carbons (Fsp3) is 0.600. The van der Waals surface area contributed by atoms with E-state index in [0.717, 1.165) is 0 Å². The lowest BCUT2D eigenvalue weighted by atomic mass is 10.1. The van der Waals surface area contributed by atoms with Crippen LogP contribution in [0.15, 0.2) is 16.5 Å². The van der Waals surface area contributed by atoms with E-state index in [9.17, 15) is 8.42 Å². The molecular weight excluding hydrogens is 250 g/mol. The molecular formula is C10H16ClNO3S. The van der Waals surface area contributed by atoms with E-state index in [-0.39, 0.29) is 17.5 Å². The molecule has 1 rings (SSSR count). The van der Waals surface area contributed by atoms with Gasteiger partial charge in [-0.25, -0.2) is 8.42 Å². The maximum Gasteiger partial charge on any atom is 0.193 e. The standard InChI is InChI=1S/C10H16ClNO3S/c1-2-16(13,14)7-3-4-8(12)9-5-6-10(11)15-9/h5-6,8H,2-4,7,12H2,1H3. The Morgan fingerprint density at radius 2 is 2.19 bits per heavy atom. The average Bonchev–Trinajstić information content (AvgIpc) is 2.64. The van der Waals surface area contributed by atoms with Gasteiger partial charge in [0.2, 0.25) is 0 Å². The van der Waals surface area contributed by atoms with E-state index in [1.165, 1.54) is 0 Å². The van der Waals surface area contributed by atoms with Crippen molar-refractivity contribution in [1.82, 2.24) is 0 Å². The molecule has 1 unspecified atom stereocenters. The third-order valence-corrected chi connectivity index (χ3v) is 4.36. The van der Waals surface area contributed by atoms with Gasteiger partial charge < -0.3 is 10.2 Å². The molecule has 1 heterocycles. The number of halogens is 1. The van der Waals surface area contributed by atoms with Crippen LogP contribution >= 0.6 is 11.6 Å². The minimum absolute atomic E-state index is 0.172. The highest BCUT2D eigenvalue weighted by Crippen LogP contribution is 2.21. The van der Waals surface area contributed by atoms with Crippen LogP contribution in [0.3, 0.4) is 0 Å². The maximum absolute atomic E-state index is 11.2. The summed E-state index contributed by atoms with van der Waals surface area (Å²) in [5.74, 6) is 0.944. The van der Waals surface area contributed by atoms with Gasteiger partial charge in [0.05, 0.1) is 11.8 Å². The van der Waals surface area contributed by atoms with Crippen molar-refractivity contribution in [3.8, 4) is 0 Å². The zero-order valence-corrected chi connectivity index (χ0v) is 10.7. The molecule has 1 atom stereocenters. The Labute approximate surface area is 101 Å². The number of rotatable bonds is 6. The summed E-state index contributed by atoms with van der Waals surface area (Å²) in [5.41, 5.74) is 5.83. The van der Waals surface area contributed by atoms with Gasteiger partial charge in [-0.05, 0) is 36.6 Å². The van der Waals surface area contributed by atoms with Crippen LogP contribution in [0.25, 0.3) is 0 Å². The molecule has 0 bridgehead atoms. The van der Waals surface area contributed by atoms with Crippen LogP contribution in [0.5, 0.6) is 0 Å². The highest BCUT2D eigenvalue weighted by atomic mass is 35.5. The van der Waals surface area contributed by atoms with Crippen molar-refractivity contribution in [3.05, 3.63) is 23.1 Å². The summed E-state index contributed by atoms with van der Waals surface area (Å²) in [7, 11) is -2.90. The first-order chi connectivity index (χ1) is 7.44. The SMILES string of the molecule is CCS(=O)(=O)CCCC(N)c1ccc(Cl)o1. The van der Waals surface area contributed by atoms with Crippen LogP contribution in [-0.4, -0.2) is 19.9 Å². The Bertz CT molecular complexity index is 427. The Balaban J connectivity index is 2.39. The van der Waals surface area contributed by atoms with E-state index in [2.05, 4.69) is 0 Å². The Kier molecular flexibility index (Phi) is 4.83. The number of hydrogen-bond acceptors (Lipinski definition) is 4. The third kappa shape index (κ3) is 4.15. The summed E-state index contributed by atoms with van der Waals surface area (Å²) in [5, 5.41) is 0.298. The summed E-state index contributed by atoms with van der Waals surface area (Å²) in [6.07, 6.45) is 1.11. The molecule has 92 valence electrons. The van der Waals surface area contributed by atoms with Gasteiger partial charge >= 0.3 is 0 Å². The molecule has 4 nitrogen and oxygen atoms in total.